The van der Waals surface area contributed by atoms with E-state index in [4.69, 9.17) is 9.47 Å². The van der Waals surface area contributed by atoms with Crippen LogP contribution in [0.2, 0.25) is 0 Å². The van der Waals surface area contributed by atoms with E-state index >= 15 is 0 Å². The number of halogens is 1. The topological polar surface area (TPSA) is 90.4 Å². The number of carbonyl (C=O) groups is 2. The number of esters is 1. The number of nitrogens with zero attached hydrogens (tertiary/aromatic N) is 2. The van der Waals surface area contributed by atoms with Crippen LogP contribution in [0, 0.1) is 0 Å². The van der Waals surface area contributed by atoms with E-state index in [2.05, 4.69) is 31.4 Å². The van der Waals surface area contributed by atoms with Crippen molar-refractivity contribution in [3.63, 3.8) is 0 Å². The number of hydrogen-bond donors (Lipinski definition) is 1. The van der Waals surface area contributed by atoms with E-state index in [1.54, 1.807) is 25.1 Å². The molecule has 0 spiro atoms. The Labute approximate surface area is 155 Å². The minimum atomic E-state index is -0.334. The lowest BCUT2D eigenvalue weighted by atomic mass is 10.2. The summed E-state index contributed by atoms with van der Waals surface area (Å²) in [6.45, 7) is 2.09. The van der Waals surface area contributed by atoms with Crippen LogP contribution in [0.25, 0.3) is 0 Å². The molecular weight excluding hydrogens is 418 g/mol. The lowest BCUT2D eigenvalue weighted by molar-refractivity contribution is -0.139. The van der Waals surface area contributed by atoms with E-state index in [0.29, 0.717) is 31.9 Å². The van der Waals surface area contributed by atoms with Crippen molar-refractivity contribution in [1.29, 1.82) is 0 Å². The van der Waals surface area contributed by atoms with Crippen LogP contribution in [-0.4, -0.2) is 41.5 Å². The van der Waals surface area contributed by atoms with Gasteiger partial charge in [-0.15, -0.1) is 10.2 Å². The van der Waals surface area contributed by atoms with Crippen molar-refractivity contribution in [2.24, 2.45) is 0 Å². The summed E-state index contributed by atoms with van der Waals surface area (Å²) < 4.78 is 11.2. The molecular formula is C14H14BrN3O4S2. The lowest BCUT2D eigenvalue weighted by Crippen LogP contribution is -2.12. The van der Waals surface area contributed by atoms with Gasteiger partial charge in [0.25, 0.3) is 5.91 Å². The fourth-order valence-corrected chi connectivity index (χ4v) is 3.58. The van der Waals surface area contributed by atoms with Crippen molar-refractivity contribution in [2.75, 3.05) is 24.8 Å². The van der Waals surface area contributed by atoms with Crippen LogP contribution in [0.4, 0.5) is 5.13 Å². The number of benzene rings is 1. The predicted molar refractivity (Wildman–Crippen MR) is 95.9 cm³/mol. The number of anilines is 1. The molecule has 0 unspecified atom stereocenters. The summed E-state index contributed by atoms with van der Waals surface area (Å²) in [5, 5.41) is 10.8. The SMILES string of the molecule is CCOC(=O)CSc1nnc(NC(=O)c2cc(OC)ccc2Br)s1. The van der Waals surface area contributed by atoms with Gasteiger partial charge in [0.2, 0.25) is 5.13 Å². The summed E-state index contributed by atoms with van der Waals surface area (Å²) in [7, 11) is 1.53. The van der Waals surface area contributed by atoms with Crippen LogP contribution in [0.5, 0.6) is 5.75 Å². The average molecular weight is 432 g/mol. The summed E-state index contributed by atoms with van der Waals surface area (Å²) in [5.41, 5.74) is 0.422. The average Bonchev–Trinajstić information content (AvgIpc) is 3.01. The van der Waals surface area contributed by atoms with E-state index in [9.17, 15) is 9.59 Å². The summed E-state index contributed by atoms with van der Waals surface area (Å²) >= 11 is 5.73. The van der Waals surface area contributed by atoms with E-state index in [1.165, 1.54) is 30.2 Å². The van der Waals surface area contributed by atoms with Crippen LogP contribution >= 0.6 is 39.0 Å². The Morgan fingerprint density at radius 2 is 2.17 bits per heavy atom. The molecule has 10 heteroatoms. The van der Waals surface area contributed by atoms with Crippen LogP contribution in [0.3, 0.4) is 0 Å². The molecule has 0 fully saturated rings. The Morgan fingerprint density at radius 1 is 1.38 bits per heavy atom. The van der Waals surface area contributed by atoms with Crippen molar-refractivity contribution < 1.29 is 19.1 Å². The molecule has 0 saturated carbocycles. The third-order valence-corrected chi connectivity index (χ3v) is 5.30. The molecule has 24 heavy (non-hydrogen) atoms. The van der Waals surface area contributed by atoms with Gasteiger partial charge < -0.3 is 9.47 Å². The summed E-state index contributed by atoms with van der Waals surface area (Å²) in [5.74, 6) is 0.0754. The molecule has 128 valence electrons. The second kappa shape index (κ2) is 9.00. The van der Waals surface area contributed by atoms with E-state index in [1.807, 2.05) is 0 Å². The van der Waals surface area contributed by atoms with Gasteiger partial charge in [0, 0.05) is 4.47 Å². The number of aromatic nitrogens is 2. The first kappa shape index (κ1) is 18.7. The highest BCUT2D eigenvalue weighted by Gasteiger charge is 2.15. The maximum atomic E-state index is 12.3. The number of nitrogens with one attached hydrogen (secondary N) is 1. The second-order valence-corrected chi connectivity index (χ2v) is 7.32. The van der Waals surface area contributed by atoms with Gasteiger partial charge in [0.1, 0.15) is 5.75 Å². The smallest absolute Gasteiger partial charge is 0.316 e. The Morgan fingerprint density at radius 3 is 2.88 bits per heavy atom. The van der Waals surface area contributed by atoms with Crippen LogP contribution in [-0.2, 0) is 9.53 Å². The molecule has 2 rings (SSSR count). The van der Waals surface area contributed by atoms with E-state index in [-0.39, 0.29) is 17.6 Å². The molecule has 0 bridgehead atoms. The highest BCUT2D eigenvalue weighted by Crippen LogP contribution is 2.27. The van der Waals surface area contributed by atoms with Crippen LogP contribution in [0.15, 0.2) is 27.0 Å². The number of rotatable bonds is 7. The third-order valence-electron chi connectivity index (χ3n) is 2.66. The predicted octanol–water partition coefficient (Wildman–Crippen LogP) is 3.22. The summed E-state index contributed by atoms with van der Waals surface area (Å²) in [4.78, 5) is 23.6. The van der Waals surface area contributed by atoms with Crippen molar-refractivity contribution in [3.8, 4) is 5.75 Å². The molecule has 0 aliphatic carbocycles. The maximum Gasteiger partial charge on any atom is 0.316 e. The van der Waals surface area contributed by atoms with Crippen molar-refractivity contribution >= 4 is 56.0 Å². The molecule has 1 aromatic heterocycles. The molecule has 0 radical (unpaired) electrons. The second-order valence-electron chi connectivity index (χ2n) is 4.27. The summed E-state index contributed by atoms with van der Waals surface area (Å²) in [6.07, 6.45) is 0. The fourth-order valence-electron chi connectivity index (χ4n) is 1.61. The maximum absolute atomic E-state index is 12.3. The lowest BCUT2D eigenvalue weighted by Gasteiger charge is -2.06. The molecule has 1 aromatic carbocycles. The zero-order chi connectivity index (χ0) is 17.5. The fraction of sp³-hybridized carbons (Fsp3) is 0.286. The first-order chi connectivity index (χ1) is 11.5. The van der Waals surface area contributed by atoms with Gasteiger partial charge in [-0.3, -0.25) is 14.9 Å². The standard InChI is InChI=1S/C14H14BrN3O4S2/c1-3-22-11(19)7-23-14-18-17-13(24-14)16-12(20)9-6-8(21-2)4-5-10(9)15/h4-6H,3,7H2,1-2H3,(H,16,17,20). The minimum absolute atomic E-state index is 0.151. The highest BCUT2D eigenvalue weighted by molar-refractivity contribution is 9.10. The number of ether oxygens (including phenoxy) is 2. The molecule has 1 amide bonds. The molecule has 2 aromatic rings. The van der Waals surface area contributed by atoms with E-state index in [0.717, 1.165) is 0 Å². The van der Waals surface area contributed by atoms with Crippen molar-refractivity contribution in [3.05, 3.63) is 28.2 Å². The number of thioether (sulfide) groups is 1. The molecule has 1 heterocycles. The zero-order valence-corrected chi connectivity index (χ0v) is 16.1. The minimum Gasteiger partial charge on any atom is -0.497 e. The highest BCUT2D eigenvalue weighted by atomic mass is 79.9. The Hall–Kier alpha value is -1.65. The van der Waals surface area contributed by atoms with Gasteiger partial charge >= 0.3 is 5.97 Å². The normalized spacial score (nSPS) is 10.3. The molecule has 0 atom stereocenters. The largest absolute Gasteiger partial charge is 0.497 e. The first-order valence-electron chi connectivity index (χ1n) is 6.80. The van der Waals surface area contributed by atoms with Crippen LogP contribution < -0.4 is 10.1 Å². The van der Waals surface area contributed by atoms with Gasteiger partial charge in [0.15, 0.2) is 4.34 Å². The van der Waals surface area contributed by atoms with Gasteiger partial charge in [-0.1, -0.05) is 23.1 Å². The van der Waals surface area contributed by atoms with Gasteiger partial charge in [-0.2, -0.15) is 0 Å². The third kappa shape index (κ3) is 5.18. The van der Waals surface area contributed by atoms with Crippen LogP contribution in [0.1, 0.15) is 17.3 Å². The Bertz CT molecular complexity index is 739. The number of hydrogen-bond acceptors (Lipinski definition) is 8. The van der Waals surface area contributed by atoms with Gasteiger partial charge in [-0.25, -0.2) is 0 Å². The molecule has 0 aliphatic rings. The number of methoxy groups -OCH3 is 1. The first-order valence-corrected chi connectivity index (χ1v) is 9.39. The molecule has 0 aliphatic heterocycles. The molecule has 7 nitrogen and oxygen atoms in total. The molecule has 1 N–H and O–H groups in total. The van der Waals surface area contributed by atoms with Gasteiger partial charge in [-0.05, 0) is 41.1 Å². The Kier molecular flexibility index (Phi) is 7.00. The summed E-state index contributed by atoms with van der Waals surface area (Å²) in [6, 6.07) is 5.10. The quantitative estimate of drug-likeness (QED) is 0.408. The Balaban J connectivity index is 1.99. The molecule has 0 saturated heterocycles. The number of amides is 1. The van der Waals surface area contributed by atoms with Crippen molar-refractivity contribution in [2.45, 2.75) is 11.3 Å². The zero-order valence-electron chi connectivity index (χ0n) is 12.9. The number of carbonyl (C=O) groups excluding carboxylic acids is 2. The van der Waals surface area contributed by atoms with E-state index < -0.39 is 0 Å². The van der Waals surface area contributed by atoms with Crippen molar-refractivity contribution in [1.82, 2.24) is 10.2 Å². The monoisotopic (exact) mass is 431 g/mol. The van der Waals surface area contributed by atoms with Gasteiger partial charge in [0.05, 0.1) is 25.0 Å².